The van der Waals surface area contributed by atoms with Crippen LogP contribution in [-0.4, -0.2) is 26.6 Å². The van der Waals surface area contributed by atoms with E-state index in [0.717, 1.165) is 22.2 Å². The minimum absolute atomic E-state index is 0.0896. The number of benzene rings is 1. The molecule has 2 aromatic heterocycles. The molecular formula is C17H15ClN4O2. The molecule has 1 aromatic carbocycles. The summed E-state index contributed by atoms with van der Waals surface area (Å²) >= 11 is 6.36. The van der Waals surface area contributed by atoms with Crippen molar-refractivity contribution >= 4 is 34.2 Å². The first kappa shape index (κ1) is 16.1. The van der Waals surface area contributed by atoms with Crippen molar-refractivity contribution < 1.29 is 9.59 Å². The number of amides is 1. The van der Waals surface area contributed by atoms with E-state index in [2.05, 4.69) is 20.3 Å². The summed E-state index contributed by atoms with van der Waals surface area (Å²) < 4.78 is 0. The molecule has 0 aliphatic heterocycles. The van der Waals surface area contributed by atoms with Crippen LogP contribution in [0.2, 0.25) is 5.02 Å². The molecule has 0 aliphatic carbocycles. The van der Waals surface area contributed by atoms with Crippen LogP contribution in [0.3, 0.4) is 0 Å². The maximum atomic E-state index is 11.3. The Bertz CT molecular complexity index is 932. The van der Waals surface area contributed by atoms with Crippen molar-refractivity contribution in [1.82, 2.24) is 20.3 Å². The Morgan fingerprint density at radius 2 is 1.96 bits per heavy atom. The van der Waals surface area contributed by atoms with Crippen molar-refractivity contribution in [3.8, 4) is 11.3 Å². The normalized spacial score (nSPS) is 10.8. The maximum absolute atomic E-state index is 11.3. The highest BCUT2D eigenvalue weighted by atomic mass is 35.5. The zero-order chi connectivity index (χ0) is 17.3. The van der Waals surface area contributed by atoms with Crippen molar-refractivity contribution in [3.05, 3.63) is 47.0 Å². The predicted molar refractivity (Wildman–Crippen MR) is 91.9 cm³/mol. The molecule has 0 unspecified atom stereocenters. The first-order valence-corrected chi connectivity index (χ1v) is 7.71. The maximum Gasteiger partial charge on any atom is 0.217 e. The van der Waals surface area contributed by atoms with E-state index in [-0.39, 0.29) is 11.7 Å². The molecule has 0 spiro atoms. The summed E-state index contributed by atoms with van der Waals surface area (Å²) in [6, 6.07) is 5.65. The summed E-state index contributed by atoms with van der Waals surface area (Å²) in [7, 11) is 0. The Kier molecular flexibility index (Phi) is 4.31. The SMILES string of the molecule is CC(=O)NCc1cc2cc(Cl)c(-c3cnc(C(C)=O)cn3)cc2[nH]1. The van der Waals surface area contributed by atoms with Crippen LogP contribution in [0.1, 0.15) is 30.0 Å². The number of aromatic nitrogens is 3. The van der Waals surface area contributed by atoms with Gasteiger partial charge in [-0.05, 0) is 18.2 Å². The number of carbonyl (C=O) groups is 2. The topological polar surface area (TPSA) is 87.7 Å². The van der Waals surface area contributed by atoms with E-state index >= 15 is 0 Å². The second kappa shape index (κ2) is 6.41. The van der Waals surface area contributed by atoms with Crippen LogP contribution >= 0.6 is 11.6 Å². The Morgan fingerprint density at radius 1 is 1.17 bits per heavy atom. The van der Waals surface area contributed by atoms with E-state index in [1.54, 1.807) is 0 Å². The third-order valence-corrected chi connectivity index (χ3v) is 3.89. The number of aromatic amines is 1. The zero-order valence-corrected chi connectivity index (χ0v) is 13.9. The first-order valence-electron chi connectivity index (χ1n) is 7.33. The molecule has 0 atom stereocenters. The highest BCUT2D eigenvalue weighted by Gasteiger charge is 2.11. The molecule has 0 fully saturated rings. The number of ketones is 1. The fourth-order valence-electron chi connectivity index (χ4n) is 2.37. The molecule has 3 rings (SSSR count). The van der Waals surface area contributed by atoms with Gasteiger partial charge in [-0.25, -0.2) is 4.98 Å². The Hall–Kier alpha value is -2.73. The average Bonchev–Trinajstić information content (AvgIpc) is 2.94. The molecule has 0 bridgehead atoms. The van der Waals surface area contributed by atoms with Crippen molar-refractivity contribution in [2.24, 2.45) is 0 Å². The standard InChI is InChI=1S/C17H15ClN4O2/c1-9(23)16-7-21-17(8-20-16)13-5-15-11(4-14(13)18)3-12(22-15)6-19-10(2)24/h3-5,7-8,22H,6H2,1-2H3,(H,19,24). The minimum Gasteiger partial charge on any atom is -0.357 e. The Balaban J connectivity index is 1.97. The highest BCUT2D eigenvalue weighted by molar-refractivity contribution is 6.34. The quantitative estimate of drug-likeness (QED) is 0.713. The summed E-state index contributed by atoms with van der Waals surface area (Å²) in [6.45, 7) is 3.34. The van der Waals surface area contributed by atoms with Gasteiger partial charge in [0.1, 0.15) is 5.69 Å². The molecule has 0 saturated heterocycles. The summed E-state index contributed by atoms with van der Waals surface area (Å²) in [6.07, 6.45) is 2.97. The van der Waals surface area contributed by atoms with Crippen molar-refractivity contribution in [2.45, 2.75) is 20.4 Å². The number of rotatable bonds is 4. The van der Waals surface area contributed by atoms with Crippen LogP contribution in [0.25, 0.3) is 22.2 Å². The fourth-order valence-corrected chi connectivity index (χ4v) is 2.64. The number of nitrogens with zero attached hydrogens (tertiary/aromatic N) is 2. The molecule has 6 nitrogen and oxygen atoms in total. The van der Waals surface area contributed by atoms with E-state index in [1.807, 2.05) is 18.2 Å². The van der Waals surface area contributed by atoms with Gasteiger partial charge in [-0.3, -0.25) is 14.6 Å². The Labute approximate surface area is 143 Å². The number of hydrogen-bond donors (Lipinski definition) is 2. The molecule has 24 heavy (non-hydrogen) atoms. The molecule has 0 aliphatic rings. The van der Waals surface area contributed by atoms with E-state index in [0.29, 0.717) is 23.0 Å². The lowest BCUT2D eigenvalue weighted by Crippen LogP contribution is -2.18. The molecule has 122 valence electrons. The lowest BCUT2D eigenvalue weighted by Gasteiger charge is -2.04. The lowest BCUT2D eigenvalue weighted by molar-refractivity contribution is -0.119. The van der Waals surface area contributed by atoms with Gasteiger partial charge in [0.25, 0.3) is 0 Å². The van der Waals surface area contributed by atoms with Crippen molar-refractivity contribution in [1.29, 1.82) is 0 Å². The second-order valence-electron chi connectivity index (χ2n) is 5.47. The molecular weight excluding hydrogens is 328 g/mol. The second-order valence-corrected chi connectivity index (χ2v) is 5.87. The van der Waals surface area contributed by atoms with E-state index < -0.39 is 0 Å². The zero-order valence-electron chi connectivity index (χ0n) is 13.2. The van der Waals surface area contributed by atoms with Gasteiger partial charge in [-0.2, -0.15) is 0 Å². The molecule has 7 heteroatoms. The third-order valence-electron chi connectivity index (χ3n) is 3.58. The third kappa shape index (κ3) is 3.28. The number of fused-ring (bicyclic) bond motifs is 1. The van der Waals surface area contributed by atoms with Gasteiger partial charge in [-0.15, -0.1) is 0 Å². The molecule has 2 heterocycles. The van der Waals surface area contributed by atoms with Gasteiger partial charge in [0.05, 0.1) is 29.7 Å². The number of hydrogen-bond acceptors (Lipinski definition) is 4. The van der Waals surface area contributed by atoms with Gasteiger partial charge >= 0.3 is 0 Å². The highest BCUT2D eigenvalue weighted by Crippen LogP contribution is 2.31. The van der Waals surface area contributed by atoms with Crippen LogP contribution < -0.4 is 5.32 Å². The van der Waals surface area contributed by atoms with Crippen LogP contribution in [-0.2, 0) is 11.3 Å². The number of nitrogens with one attached hydrogen (secondary N) is 2. The molecule has 2 N–H and O–H groups in total. The minimum atomic E-state index is -0.136. The number of halogens is 1. The van der Waals surface area contributed by atoms with Crippen LogP contribution in [0.5, 0.6) is 0 Å². The fraction of sp³-hybridized carbons (Fsp3) is 0.176. The summed E-state index contributed by atoms with van der Waals surface area (Å²) in [5.74, 6) is -0.226. The van der Waals surface area contributed by atoms with Gasteiger partial charge in [-0.1, -0.05) is 11.6 Å². The summed E-state index contributed by atoms with van der Waals surface area (Å²) in [4.78, 5) is 33.9. The Morgan fingerprint density at radius 3 is 2.58 bits per heavy atom. The van der Waals surface area contributed by atoms with Crippen LogP contribution in [0.15, 0.2) is 30.6 Å². The van der Waals surface area contributed by atoms with Crippen molar-refractivity contribution in [3.63, 3.8) is 0 Å². The van der Waals surface area contributed by atoms with E-state index in [9.17, 15) is 9.59 Å². The average molecular weight is 343 g/mol. The smallest absolute Gasteiger partial charge is 0.217 e. The number of carbonyl (C=O) groups excluding carboxylic acids is 2. The molecule has 3 aromatic rings. The van der Waals surface area contributed by atoms with Gasteiger partial charge < -0.3 is 10.3 Å². The number of H-pyrrole nitrogens is 1. The first-order chi connectivity index (χ1) is 11.4. The molecule has 0 saturated carbocycles. The molecule has 0 radical (unpaired) electrons. The van der Waals surface area contributed by atoms with Gasteiger partial charge in [0.15, 0.2) is 5.78 Å². The summed E-state index contributed by atoms with van der Waals surface area (Å²) in [5, 5.41) is 4.22. The van der Waals surface area contributed by atoms with Crippen LogP contribution in [0, 0.1) is 0 Å². The van der Waals surface area contributed by atoms with E-state index in [1.165, 1.54) is 26.2 Å². The van der Waals surface area contributed by atoms with Gasteiger partial charge in [0, 0.05) is 36.0 Å². The van der Waals surface area contributed by atoms with Crippen LogP contribution in [0.4, 0.5) is 0 Å². The lowest BCUT2D eigenvalue weighted by atomic mass is 10.1. The molecule has 1 amide bonds. The monoisotopic (exact) mass is 342 g/mol. The van der Waals surface area contributed by atoms with Gasteiger partial charge in [0.2, 0.25) is 5.91 Å². The largest absolute Gasteiger partial charge is 0.357 e. The number of Topliss-reactive ketones (excluding diaryl/α,β-unsaturated/α-hetero) is 1. The van der Waals surface area contributed by atoms with E-state index in [4.69, 9.17) is 11.6 Å². The van der Waals surface area contributed by atoms with Crippen molar-refractivity contribution in [2.75, 3.05) is 0 Å². The summed E-state index contributed by atoms with van der Waals surface area (Å²) in [5.41, 5.74) is 3.39. The predicted octanol–water partition coefficient (Wildman–Crippen LogP) is 3.12.